The van der Waals surface area contributed by atoms with Crippen LogP contribution in [0, 0.1) is 0 Å². The Bertz CT molecular complexity index is 106. The van der Waals surface area contributed by atoms with Crippen molar-refractivity contribution in [2.24, 2.45) is 0 Å². The molecule has 0 aliphatic carbocycles. The van der Waals surface area contributed by atoms with Gasteiger partial charge in [0.15, 0.2) is 0 Å². The zero-order valence-corrected chi connectivity index (χ0v) is 9.95. The molecule has 0 aliphatic rings. The van der Waals surface area contributed by atoms with Gasteiger partial charge in [0, 0.05) is 5.54 Å². The van der Waals surface area contributed by atoms with Crippen molar-refractivity contribution in [3.05, 3.63) is 0 Å². The molecule has 0 bridgehead atoms. The summed E-state index contributed by atoms with van der Waals surface area (Å²) in [6, 6.07) is 0. The highest BCUT2D eigenvalue weighted by Crippen LogP contribution is 2.22. The van der Waals surface area contributed by atoms with E-state index in [1.165, 1.54) is 38.5 Å². The standard InChI is InChI=1S/C12H27N/c1-5-9-10-11-12(6-2,7-3)13-8-4/h13H,5-11H2,1-4H3. The second kappa shape index (κ2) is 7.37. The molecule has 0 saturated heterocycles. The van der Waals surface area contributed by atoms with Gasteiger partial charge in [-0.3, -0.25) is 0 Å². The molecule has 0 radical (unpaired) electrons. The fraction of sp³-hybridized carbons (Fsp3) is 1.00. The Labute approximate surface area is 84.3 Å². The van der Waals surface area contributed by atoms with Crippen LogP contribution < -0.4 is 5.32 Å². The third kappa shape index (κ3) is 4.66. The molecule has 0 saturated carbocycles. The van der Waals surface area contributed by atoms with Gasteiger partial charge in [0.25, 0.3) is 0 Å². The van der Waals surface area contributed by atoms with Crippen LogP contribution in [0.25, 0.3) is 0 Å². The molecule has 1 N–H and O–H groups in total. The first-order valence-electron chi connectivity index (χ1n) is 5.99. The van der Waals surface area contributed by atoms with Gasteiger partial charge in [-0.05, 0) is 25.8 Å². The average molecular weight is 185 g/mol. The minimum absolute atomic E-state index is 0.434. The summed E-state index contributed by atoms with van der Waals surface area (Å²) in [5.41, 5.74) is 0.434. The summed E-state index contributed by atoms with van der Waals surface area (Å²) >= 11 is 0. The number of nitrogens with one attached hydrogen (secondary N) is 1. The van der Waals surface area contributed by atoms with Gasteiger partial charge < -0.3 is 5.32 Å². The molecular weight excluding hydrogens is 158 g/mol. The van der Waals surface area contributed by atoms with E-state index in [1.807, 2.05) is 0 Å². The summed E-state index contributed by atoms with van der Waals surface area (Å²) in [6.07, 6.45) is 7.97. The Morgan fingerprint density at radius 1 is 0.923 bits per heavy atom. The summed E-state index contributed by atoms with van der Waals surface area (Å²) in [5.74, 6) is 0. The van der Waals surface area contributed by atoms with Crippen molar-refractivity contribution in [3.8, 4) is 0 Å². The van der Waals surface area contributed by atoms with E-state index >= 15 is 0 Å². The Morgan fingerprint density at radius 3 is 1.92 bits per heavy atom. The van der Waals surface area contributed by atoms with E-state index in [-0.39, 0.29) is 0 Å². The molecule has 1 nitrogen and oxygen atoms in total. The summed E-state index contributed by atoms with van der Waals surface area (Å²) in [5, 5.41) is 3.65. The molecule has 0 aromatic carbocycles. The fourth-order valence-electron chi connectivity index (χ4n) is 2.03. The highest BCUT2D eigenvalue weighted by Gasteiger charge is 2.23. The molecule has 80 valence electrons. The van der Waals surface area contributed by atoms with Gasteiger partial charge in [-0.2, -0.15) is 0 Å². The normalized spacial score (nSPS) is 12.0. The smallest absolute Gasteiger partial charge is 0.0176 e. The summed E-state index contributed by atoms with van der Waals surface area (Å²) in [6.45, 7) is 10.2. The predicted octanol–water partition coefficient (Wildman–Crippen LogP) is 3.74. The van der Waals surface area contributed by atoms with Gasteiger partial charge in [0.05, 0.1) is 0 Å². The van der Waals surface area contributed by atoms with Crippen molar-refractivity contribution >= 4 is 0 Å². The lowest BCUT2D eigenvalue weighted by Crippen LogP contribution is -2.43. The monoisotopic (exact) mass is 185 g/mol. The molecule has 0 amide bonds. The lowest BCUT2D eigenvalue weighted by Gasteiger charge is -2.33. The number of rotatable bonds is 8. The van der Waals surface area contributed by atoms with E-state index in [0.717, 1.165) is 6.54 Å². The van der Waals surface area contributed by atoms with Crippen LogP contribution in [0.15, 0.2) is 0 Å². The molecule has 0 rings (SSSR count). The highest BCUT2D eigenvalue weighted by atomic mass is 15.0. The SMILES string of the molecule is CCCCCC(CC)(CC)NCC. The minimum Gasteiger partial charge on any atom is -0.312 e. The van der Waals surface area contributed by atoms with Crippen LogP contribution in [0.2, 0.25) is 0 Å². The average Bonchev–Trinajstić information content (AvgIpc) is 2.17. The lowest BCUT2D eigenvalue weighted by atomic mass is 9.87. The Balaban J connectivity index is 3.89. The first-order valence-corrected chi connectivity index (χ1v) is 5.99. The quantitative estimate of drug-likeness (QED) is 0.568. The van der Waals surface area contributed by atoms with Gasteiger partial charge in [-0.15, -0.1) is 0 Å². The molecule has 0 unspecified atom stereocenters. The van der Waals surface area contributed by atoms with Crippen LogP contribution in [0.5, 0.6) is 0 Å². The Hall–Kier alpha value is -0.0400. The number of hydrogen-bond acceptors (Lipinski definition) is 1. The van der Waals surface area contributed by atoms with Crippen molar-refractivity contribution in [1.82, 2.24) is 5.32 Å². The summed E-state index contributed by atoms with van der Waals surface area (Å²) < 4.78 is 0. The van der Waals surface area contributed by atoms with E-state index in [1.54, 1.807) is 0 Å². The van der Waals surface area contributed by atoms with Gasteiger partial charge in [0.1, 0.15) is 0 Å². The van der Waals surface area contributed by atoms with Crippen LogP contribution in [0.3, 0.4) is 0 Å². The van der Waals surface area contributed by atoms with E-state index in [0.29, 0.717) is 5.54 Å². The van der Waals surface area contributed by atoms with Gasteiger partial charge in [0.2, 0.25) is 0 Å². The van der Waals surface area contributed by atoms with E-state index in [2.05, 4.69) is 33.0 Å². The molecule has 0 atom stereocenters. The molecule has 0 heterocycles. The molecule has 0 fully saturated rings. The van der Waals surface area contributed by atoms with Gasteiger partial charge in [-0.25, -0.2) is 0 Å². The maximum absolute atomic E-state index is 3.65. The first kappa shape index (κ1) is 13.0. The van der Waals surface area contributed by atoms with Crippen molar-refractivity contribution < 1.29 is 0 Å². The fourth-order valence-corrected chi connectivity index (χ4v) is 2.03. The van der Waals surface area contributed by atoms with Gasteiger partial charge in [-0.1, -0.05) is 47.0 Å². The second-order valence-electron chi connectivity index (χ2n) is 3.97. The summed E-state index contributed by atoms with van der Waals surface area (Å²) in [4.78, 5) is 0. The lowest BCUT2D eigenvalue weighted by molar-refractivity contribution is 0.277. The molecule has 13 heavy (non-hydrogen) atoms. The van der Waals surface area contributed by atoms with Crippen molar-refractivity contribution in [2.45, 2.75) is 71.8 Å². The molecule has 0 aromatic heterocycles. The number of unbranched alkanes of at least 4 members (excludes halogenated alkanes) is 2. The minimum atomic E-state index is 0.434. The van der Waals surface area contributed by atoms with Crippen molar-refractivity contribution in [3.63, 3.8) is 0 Å². The van der Waals surface area contributed by atoms with Crippen molar-refractivity contribution in [2.75, 3.05) is 6.54 Å². The van der Waals surface area contributed by atoms with E-state index in [9.17, 15) is 0 Å². The molecule has 0 aliphatic heterocycles. The first-order chi connectivity index (χ1) is 6.24. The maximum atomic E-state index is 3.65. The van der Waals surface area contributed by atoms with E-state index < -0.39 is 0 Å². The highest BCUT2D eigenvalue weighted by molar-refractivity contribution is 4.84. The maximum Gasteiger partial charge on any atom is 0.0176 e. The summed E-state index contributed by atoms with van der Waals surface area (Å²) in [7, 11) is 0. The van der Waals surface area contributed by atoms with Crippen LogP contribution >= 0.6 is 0 Å². The third-order valence-electron chi connectivity index (χ3n) is 3.16. The van der Waals surface area contributed by atoms with Crippen LogP contribution in [0.4, 0.5) is 0 Å². The van der Waals surface area contributed by atoms with Crippen LogP contribution in [-0.2, 0) is 0 Å². The van der Waals surface area contributed by atoms with E-state index in [4.69, 9.17) is 0 Å². The second-order valence-corrected chi connectivity index (χ2v) is 3.97. The Kier molecular flexibility index (Phi) is 7.35. The van der Waals surface area contributed by atoms with Crippen molar-refractivity contribution in [1.29, 1.82) is 0 Å². The topological polar surface area (TPSA) is 12.0 Å². The predicted molar refractivity (Wildman–Crippen MR) is 61.1 cm³/mol. The van der Waals surface area contributed by atoms with Gasteiger partial charge >= 0.3 is 0 Å². The zero-order valence-electron chi connectivity index (χ0n) is 9.95. The molecule has 0 spiro atoms. The Morgan fingerprint density at radius 2 is 1.54 bits per heavy atom. The molecular formula is C12H27N. The largest absolute Gasteiger partial charge is 0.312 e. The van der Waals surface area contributed by atoms with Crippen LogP contribution in [0.1, 0.15) is 66.2 Å². The zero-order chi connectivity index (χ0) is 10.2. The molecule has 1 heteroatoms. The molecule has 0 aromatic rings. The number of hydrogen-bond donors (Lipinski definition) is 1. The third-order valence-corrected chi connectivity index (χ3v) is 3.16. The van der Waals surface area contributed by atoms with Crippen LogP contribution in [-0.4, -0.2) is 12.1 Å².